The van der Waals surface area contributed by atoms with Gasteiger partial charge in [-0.2, -0.15) is 0 Å². The fourth-order valence-electron chi connectivity index (χ4n) is 3.85. The predicted octanol–water partition coefficient (Wildman–Crippen LogP) is 2.22. The number of fused-ring (bicyclic) bond motifs is 1. The molecule has 4 nitrogen and oxygen atoms in total. The highest BCUT2D eigenvalue weighted by atomic mass is 19.1. The number of carboxylic acid groups (broad SMARTS) is 1. The molecule has 1 aliphatic carbocycles. The Morgan fingerprint density at radius 3 is 2.85 bits per heavy atom. The van der Waals surface area contributed by atoms with Gasteiger partial charge in [0.15, 0.2) is 0 Å². The Hall–Kier alpha value is -1.62. The van der Waals surface area contributed by atoms with Crippen molar-refractivity contribution in [2.45, 2.75) is 31.8 Å². The van der Waals surface area contributed by atoms with Crippen molar-refractivity contribution in [1.29, 1.82) is 0 Å². The third kappa shape index (κ3) is 2.38. The van der Waals surface area contributed by atoms with Crippen LogP contribution >= 0.6 is 0 Å². The minimum atomic E-state index is -0.792. The van der Waals surface area contributed by atoms with Crippen molar-refractivity contribution in [1.82, 2.24) is 4.90 Å². The van der Waals surface area contributed by atoms with E-state index < -0.39 is 17.8 Å². The molecule has 3 rings (SSSR count). The van der Waals surface area contributed by atoms with Gasteiger partial charge in [-0.15, -0.1) is 0 Å². The van der Waals surface area contributed by atoms with Crippen LogP contribution in [0.1, 0.15) is 24.8 Å². The minimum absolute atomic E-state index is 0.119. The van der Waals surface area contributed by atoms with Crippen molar-refractivity contribution in [2.24, 2.45) is 11.8 Å². The molecule has 1 saturated heterocycles. The number of aromatic hydroxyl groups is 1. The summed E-state index contributed by atoms with van der Waals surface area (Å²) in [6, 6.07) is 3.42. The topological polar surface area (TPSA) is 60.8 Å². The van der Waals surface area contributed by atoms with E-state index in [1.807, 2.05) is 4.90 Å². The lowest BCUT2D eigenvalue weighted by molar-refractivity contribution is -0.143. The summed E-state index contributed by atoms with van der Waals surface area (Å²) in [6.45, 7) is 1.12. The first-order valence-corrected chi connectivity index (χ1v) is 7.00. The number of rotatable bonds is 3. The monoisotopic (exact) mass is 279 g/mol. The molecule has 2 fully saturated rings. The number of halogens is 1. The van der Waals surface area contributed by atoms with Gasteiger partial charge in [-0.25, -0.2) is 4.39 Å². The van der Waals surface area contributed by atoms with E-state index in [9.17, 15) is 19.4 Å². The average molecular weight is 279 g/mol. The van der Waals surface area contributed by atoms with Gasteiger partial charge in [0.1, 0.15) is 17.6 Å². The molecule has 0 spiro atoms. The second kappa shape index (κ2) is 5.05. The Morgan fingerprint density at radius 2 is 2.15 bits per heavy atom. The summed E-state index contributed by atoms with van der Waals surface area (Å²) in [5.74, 6) is -0.745. The van der Waals surface area contributed by atoms with Crippen LogP contribution in [0.3, 0.4) is 0 Å². The average Bonchev–Trinajstić information content (AvgIpc) is 2.86. The first-order chi connectivity index (χ1) is 9.54. The number of nitrogens with zero attached hydrogens (tertiary/aromatic N) is 1. The summed E-state index contributed by atoms with van der Waals surface area (Å²) in [4.78, 5) is 13.4. The summed E-state index contributed by atoms with van der Waals surface area (Å²) >= 11 is 0. The van der Waals surface area contributed by atoms with Gasteiger partial charge in [0.2, 0.25) is 0 Å². The quantitative estimate of drug-likeness (QED) is 0.890. The van der Waals surface area contributed by atoms with Gasteiger partial charge in [0.25, 0.3) is 0 Å². The highest BCUT2D eigenvalue weighted by Gasteiger charge is 2.47. The largest absolute Gasteiger partial charge is 0.508 e. The molecule has 1 saturated carbocycles. The van der Waals surface area contributed by atoms with Gasteiger partial charge in [0.05, 0.1) is 0 Å². The summed E-state index contributed by atoms with van der Waals surface area (Å²) in [6.07, 6.45) is 3.15. The summed E-state index contributed by atoms with van der Waals surface area (Å²) in [5.41, 5.74) is 0.619. The second-order valence-corrected chi connectivity index (χ2v) is 5.89. The Balaban J connectivity index is 1.81. The number of aliphatic carboxylic acids is 1. The number of hydrogen-bond acceptors (Lipinski definition) is 3. The molecule has 2 N–H and O–H groups in total. The molecule has 0 radical (unpaired) electrons. The second-order valence-electron chi connectivity index (χ2n) is 5.89. The Morgan fingerprint density at radius 1 is 1.35 bits per heavy atom. The Labute approximate surface area is 116 Å². The maximum Gasteiger partial charge on any atom is 0.321 e. The van der Waals surface area contributed by atoms with Crippen LogP contribution in [0.4, 0.5) is 4.39 Å². The molecule has 3 atom stereocenters. The van der Waals surface area contributed by atoms with Crippen LogP contribution in [0.2, 0.25) is 0 Å². The number of phenolic OH excluding ortho intramolecular Hbond substituents is 1. The molecular formula is C15H18FNO3. The van der Waals surface area contributed by atoms with Gasteiger partial charge in [0, 0.05) is 19.2 Å². The van der Waals surface area contributed by atoms with E-state index in [2.05, 4.69) is 0 Å². The maximum absolute atomic E-state index is 13.3. The molecule has 2 aliphatic rings. The van der Waals surface area contributed by atoms with Gasteiger partial charge < -0.3 is 10.2 Å². The molecule has 5 heteroatoms. The van der Waals surface area contributed by atoms with Gasteiger partial charge in [-0.05, 0) is 42.4 Å². The lowest BCUT2D eigenvalue weighted by atomic mass is 9.94. The summed E-state index contributed by atoms with van der Waals surface area (Å²) in [5, 5.41) is 18.9. The van der Waals surface area contributed by atoms with Crippen LogP contribution in [0, 0.1) is 17.7 Å². The molecule has 1 aromatic rings. The van der Waals surface area contributed by atoms with E-state index in [1.54, 1.807) is 0 Å². The minimum Gasteiger partial charge on any atom is -0.508 e. The number of likely N-dealkylation sites (tertiary alicyclic amines) is 1. The van der Waals surface area contributed by atoms with Crippen molar-refractivity contribution < 1.29 is 19.4 Å². The lowest BCUT2D eigenvalue weighted by Gasteiger charge is -2.24. The highest BCUT2D eigenvalue weighted by Crippen LogP contribution is 2.42. The molecule has 0 amide bonds. The third-order valence-electron chi connectivity index (χ3n) is 4.57. The zero-order valence-electron chi connectivity index (χ0n) is 11.1. The molecule has 0 bridgehead atoms. The van der Waals surface area contributed by atoms with E-state index in [0.29, 0.717) is 18.0 Å². The van der Waals surface area contributed by atoms with Crippen LogP contribution in [0.25, 0.3) is 0 Å². The van der Waals surface area contributed by atoms with E-state index >= 15 is 0 Å². The third-order valence-corrected chi connectivity index (χ3v) is 4.57. The van der Waals surface area contributed by atoms with E-state index in [0.717, 1.165) is 31.9 Å². The van der Waals surface area contributed by atoms with Crippen LogP contribution in [0.15, 0.2) is 18.2 Å². The normalized spacial score (nSPS) is 29.6. The smallest absolute Gasteiger partial charge is 0.321 e. The van der Waals surface area contributed by atoms with Crippen molar-refractivity contribution >= 4 is 5.97 Å². The number of carbonyl (C=O) groups is 1. The zero-order valence-corrected chi connectivity index (χ0v) is 11.1. The van der Waals surface area contributed by atoms with E-state index in [4.69, 9.17) is 0 Å². The standard InChI is InChI=1S/C15H18FNO3/c16-11-4-9(5-12(18)6-11)7-17-8-10-2-1-3-13(10)14(17)15(19)20/h4-6,10,13-14,18H,1-3,7-8H2,(H,19,20). The zero-order chi connectivity index (χ0) is 14.3. The number of phenols is 1. The van der Waals surface area contributed by atoms with Gasteiger partial charge in [-0.3, -0.25) is 9.69 Å². The first-order valence-electron chi connectivity index (χ1n) is 7.00. The van der Waals surface area contributed by atoms with Crippen molar-refractivity contribution in [3.8, 4) is 5.75 Å². The molecule has 1 aromatic carbocycles. The molecule has 3 unspecified atom stereocenters. The van der Waals surface area contributed by atoms with Crippen LogP contribution < -0.4 is 0 Å². The lowest BCUT2D eigenvalue weighted by Crippen LogP contribution is -2.39. The van der Waals surface area contributed by atoms with Crippen LogP contribution in [0.5, 0.6) is 5.75 Å². The maximum atomic E-state index is 13.3. The fraction of sp³-hybridized carbons (Fsp3) is 0.533. The molecule has 20 heavy (non-hydrogen) atoms. The highest BCUT2D eigenvalue weighted by molar-refractivity contribution is 5.74. The molecule has 108 valence electrons. The predicted molar refractivity (Wildman–Crippen MR) is 70.7 cm³/mol. The fourth-order valence-corrected chi connectivity index (χ4v) is 3.85. The SMILES string of the molecule is O=C(O)C1C2CCCC2CN1Cc1cc(O)cc(F)c1. The molecular weight excluding hydrogens is 261 g/mol. The number of benzene rings is 1. The van der Waals surface area contributed by atoms with Crippen LogP contribution in [-0.2, 0) is 11.3 Å². The molecule has 1 aliphatic heterocycles. The van der Waals surface area contributed by atoms with Crippen molar-refractivity contribution in [3.05, 3.63) is 29.6 Å². The van der Waals surface area contributed by atoms with Gasteiger partial charge >= 0.3 is 5.97 Å². The summed E-state index contributed by atoms with van der Waals surface area (Å²) in [7, 11) is 0. The number of carboxylic acids is 1. The Bertz CT molecular complexity index is 514. The van der Waals surface area contributed by atoms with Crippen LogP contribution in [-0.4, -0.2) is 33.7 Å². The Kier molecular flexibility index (Phi) is 3.38. The van der Waals surface area contributed by atoms with Gasteiger partial charge in [-0.1, -0.05) is 6.42 Å². The molecule has 1 heterocycles. The van der Waals surface area contributed by atoms with E-state index in [1.165, 1.54) is 12.1 Å². The van der Waals surface area contributed by atoms with Crippen molar-refractivity contribution in [2.75, 3.05) is 6.54 Å². The first kappa shape index (κ1) is 13.4. The van der Waals surface area contributed by atoms with Crippen molar-refractivity contribution in [3.63, 3.8) is 0 Å². The number of hydrogen-bond donors (Lipinski definition) is 2. The summed E-state index contributed by atoms with van der Waals surface area (Å²) < 4.78 is 13.3. The molecule has 0 aromatic heterocycles. The van der Waals surface area contributed by atoms with E-state index in [-0.39, 0.29) is 11.7 Å².